The summed E-state index contributed by atoms with van der Waals surface area (Å²) < 4.78 is 11.4. The lowest BCUT2D eigenvalue weighted by Gasteiger charge is -2.16. The van der Waals surface area contributed by atoms with Crippen molar-refractivity contribution in [2.75, 3.05) is 13.2 Å². The zero-order valence-corrected chi connectivity index (χ0v) is 14.3. The predicted octanol–water partition coefficient (Wildman–Crippen LogP) is 3.98. The molecule has 0 spiro atoms. The fourth-order valence-corrected chi connectivity index (χ4v) is 2.54. The molecule has 2 N–H and O–H groups in total. The van der Waals surface area contributed by atoms with E-state index >= 15 is 0 Å². The van der Waals surface area contributed by atoms with Gasteiger partial charge in [0.2, 0.25) is 0 Å². The molecule has 1 aromatic rings. The monoisotopic (exact) mass is 333 g/mol. The number of nitrogens with two attached hydrogens (primary N) is 1. The van der Waals surface area contributed by atoms with Crippen LogP contribution in [-0.2, 0) is 17.8 Å². The molecule has 120 valence electrons. The van der Waals surface area contributed by atoms with E-state index in [9.17, 15) is 0 Å². The quantitative estimate of drug-likeness (QED) is 0.782. The van der Waals surface area contributed by atoms with E-state index in [0.29, 0.717) is 18.2 Å². The van der Waals surface area contributed by atoms with Crippen LogP contribution in [0.25, 0.3) is 0 Å². The van der Waals surface area contributed by atoms with Crippen molar-refractivity contribution in [2.45, 2.75) is 45.8 Å². The van der Waals surface area contributed by atoms with Crippen LogP contribution in [0.15, 0.2) is 12.1 Å². The Morgan fingerprint density at radius 1 is 1.38 bits per heavy atom. The van der Waals surface area contributed by atoms with Gasteiger partial charge in [0.15, 0.2) is 0 Å². The molecule has 21 heavy (non-hydrogen) atoms. The van der Waals surface area contributed by atoms with E-state index in [1.54, 1.807) is 0 Å². The number of rotatable bonds is 8. The van der Waals surface area contributed by atoms with Gasteiger partial charge in [0.1, 0.15) is 5.75 Å². The number of hydrogen-bond donors (Lipinski definition) is 1. The van der Waals surface area contributed by atoms with Gasteiger partial charge < -0.3 is 15.2 Å². The minimum Gasteiger partial charge on any atom is -0.492 e. The molecular formula is C16H25Cl2NO2. The van der Waals surface area contributed by atoms with Crippen LogP contribution in [0.3, 0.4) is 0 Å². The summed E-state index contributed by atoms with van der Waals surface area (Å²) in [7, 11) is 0. The summed E-state index contributed by atoms with van der Waals surface area (Å²) >= 11 is 6.33. The third-order valence-electron chi connectivity index (χ3n) is 3.33. The standard InChI is InChI=1S/C16H24ClNO2.ClH/c1-3-20-16-14(6-11(2)18)7-13(8-15(16)17)10-19-9-12-4-5-12;/h7-8,11-12H,3-6,9-10,18H2,1-2H3;1H. The molecule has 0 bridgehead atoms. The Morgan fingerprint density at radius 2 is 2.10 bits per heavy atom. The van der Waals surface area contributed by atoms with Crippen molar-refractivity contribution >= 4 is 24.0 Å². The highest BCUT2D eigenvalue weighted by Gasteiger charge is 2.21. The van der Waals surface area contributed by atoms with E-state index in [0.717, 1.165) is 35.8 Å². The molecule has 1 aliphatic rings. The van der Waals surface area contributed by atoms with E-state index < -0.39 is 0 Å². The van der Waals surface area contributed by atoms with E-state index in [2.05, 4.69) is 6.07 Å². The molecule has 1 atom stereocenters. The summed E-state index contributed by atoms with van der Waals surface area (Å²) in [6.45, 7) is 6.00. The Balaban J connectivity index is 0.00000220. The molecule has 0 aromatic heterocycles. The van der Waals surface area contributed by atoms with Crippen molar-refractivity contribution in [3.8, 4) is 5.75 Å². The van der Waals surface area contributed by atoms with Crippen LogP contribution in [-0.4, -0.2) is 19.3 Å². The van der Waals surface area contributed by atoms with Crippen LogP contribution >= 0.6 is 24.0 Å². The molecule has 0 amide bonds. The van der Waals surface area contributed by atoms with Crippen molar-refractivity contribution in [3.05, 3.63) is 28.3 Å². The van der Waals surface area contributed by atoms with E-state index in [4.69, 9.17) is 26.8 Å². The number of halogens is 2. The van der Waals surface area contributed by atoms with E-state index in [1.807, 2.05) is 19.9 Å². The molecule has 5 heteroatoms. The number of benzene rings is 1. The SMILES string of the molecule is CCOc1c(Cl)cc(COCC2CC2)cc1CC(C)N.Cl. The second kappa shape index (κ2) is 8.84. The first kappa shape index (κ1) is 18.6. The first-order chi connectivity index (χ1) is 9.60. The topological polar surface area (TPSA) is 44.5 Å². The highest BCUT2D eigenvalue weighted by molar-refractivity contribution is 6.32. The molecule has 2 rings (SSSR count). The third kappa shape index (κ3) is 6.03. The fourth-order valence-electron chi connectivity index (χ4n) is 2.23. The van der Waals surface area contributed by atoms with Crippen LogP contribution in [0.5, 0.6) is 5.75 Å². The molecule has 0 heterocycles. The van der Waals surface area contributed by atoms with Crippen LogP contribution < -0.4 is 10.5 Å². The fraction of sp³-hybridized carbons (Fsp3) is 0.625. The smallest absolute Gasteiger partial charge is 0.141 e. The maximum atomic E-state index is 6.33. The van der Waals surface area contributed by atoms with Crippen molar-refractivity contribution in [1.29, 1.82) is 0 Å². The highest BCUT2D eigenvalue weighted by atomic mass is 35.5. The lowest BCUT2D eigenvalue weighted by atomic mass is 10.0. The second-order valence-corrected chi connectivity index (χ2v) is 6.05. The zero-order valence-electron chi connectivity index (χ0n) is 12.7. The summed E-state index contributed by atoms with van der Waals surface area (Å²) in [5, 5.41) is 0.648. The Hall–Kier alpha value is -0.480. The van der Waals surface area contributed by atoms with Gasteiger partial charge in [-0.1, -0.05) is 11.6 Å². The van der Waals surface area contributed by atoms with Crippen LogP contribution in [0.2, 0.25) is 5.02 Å². The normalized spacial score (nSPS) is 15.4. The Kier molecular flexibility index (Phi) is 7.82. The molecule has 1 aliphatic carbocycles. The van der Waals surface area contributed by atoms with E-state index in [1.165, 1.54) is 12.8 Å². The number of ether oxygens (including phenoxy) is 2. The van der Waals surface area contributed by atoms with Gasteiger partial charge in [-0.3, -0.25) is 0 Å². The lowest BCUT2D eigenvalue weighted by molar-refractivity contribution is 0.111. The van der Waals surface area contributed by atoms with Crippen LogP contribution in [0.1, 0.15) is 37.8 Å². The molecule has 1 unspecified atom stereocenters. The third-order valence-corrected chi connectivity index (χ3v) is 3.61. The average molecular weight is 334 g/mol. The molecule has 3 nitrogen and oxygen atoms in total. The molecule has 0 saturated heterocycles. The average Bonchev–Trinajstić information content (AvgIpc) is 3.17. The highest BCUT2D eigenvalue weighted by Crippen LogP contribution is 2.32. The number of hydrogen-bond acceptors (Lipinski definition) is 3. The van der Waals surface area contributed by atoms with Gasteiger partial charge in [-0.15, -0.1) is 12.4 Å². The van der Waals surface area contributed by atoms with Gasteiger partial charge in [-0.2, -0.15) is 0 Å². The minimum absolute atomic E-state index is 0. The molecular weight excluding hydrogens is 309 g/mol. The first-order valence-electron chi connectivity index (χ1n) is 7.37. The van der Waals surface area contributed by atoms with Crippen molar-refractivity contribution in [3.63, 3.8) is 0 Å². The van der Waals surface area contributed by atoms with Crippen molar-refractivity contribution in [2.24, 2.45) is 11.7 Å². The molecule has 0 radical (unpaired) electrons. The van der Waals surface area contributed by atoms with Gasteiger partial charge >= 0.3 is 0 Å². The Bertz CT molecular complexity index is 448. The van der Waals surface area contributed by atoms with Crippen LogP contribution in [0, 0.1) is 5.92 Å². The van der Waals surface area contributed by atoms with Crippen LogP contribution in [0.4, 0.5) is 0 Å². The summed E-state index contributed by atoms with van der Waals surface area (Å²) in [6.07, 6.45) is 3.37. The maximum Gasteiger partial charge on any atom is 0.141 e. The first-order valence-corrected chi connectivity index (χ1v) is 7.75. The Labute approximate surface area is 138 Å². The van der Waals surface area contributed by atoms with Gasteiger partial charge in [-0.05, 0) is 62.3 Å². The van der Waals surface area contributed by atoms with Gasteiger partial charge in [0.05, 0.1) is 18.2 Å². The predicted molar refractivity (Wildman–Crippen MR) is 89.6 cm³/mol. The van der Waals surface area contributed by atoms with Crippen molar-refractivity contribution < 1.29 is 9.47 Å². The van der Waals surface area contributed by atoms with E-state index in [-0.39, 0.29) is 18.4 Å². The molecule has 1 fully saturated rings. The summed E-state index contributed by atoms with van der Waals surface area (Å²) in [5.41, 5.74) is 8.07. The van der Waals surface area contributed by atoms with Gasteiger partial charge in [0, 0.05) is 12.6 Å². The zero-order chi connectivity index (χ0) is 14.5. The summed E-state index contributed by atoms with van der Waals surface area (Å²) in [4.78, 5) is 0. The molecule has 1 aromatic carbocycles. The summed E-state index contributed by atoms with van der Waals surface area (Å²) in [6, 6.07) is 4.12. The summed E-state index contributed by atoms with van der Waals surface area (Å²) in [5.74, 6) is 1.54. The van der Waals surface area contributed by atoms with Gasteiger partial charge in [0.25, 0.3) is 0 Å². The minimum atomic E-state index is 0. The Morgan fingerprint density at radius 3 is 2.67 bits per heavy atom. The molecule has 1 saturated carbocycles. The molecule has 0 aliphatic heterocycles. The largest absolute Gasteiger partial charge is 0.492 e. The van der Waals surface area contributed by atoms with Gasteiger partial charge in [-0.25, -0.2) is 0 Å². The second-order valence-electron chi connectivity index (χ2n) is 5.64. The maximum absolute atomic E-state index is 6.33. The lowest BCUT2D eigenvalue weighted by Crippen LogP contribution is -2.18. The van der Waals surface area contributed by atoms with Crippen molar-refractivity contribution in [1.82, 2.24) is 0 Å².